The van der Waals surface area contributed by atoms with Gasteiger partial charge < -0.3 is 24.8 Å². The molecule has 0 aromatic heterocycles. The standard InChI is InChI=1S/C24H22N2O5/c1-2-26(14-16-3-12-21-22(13-16)30-15-29-21)24(28)18-6-10-20(11-7-18)31-19-8-4-17(5-9-19)23(25)27/h3-13H,2,14-15H2,1H3,(H2,25,27). The van der Waals surface area contributed by atoms with Gasteiger partial charge in [-0.25, -0.2) is 0 Å². The predicted octanol–water partition coefficient (Wildman–Crippen LogP) is 3.97. The third-order valence-electron chi connectivity index (χ3n) is 4.96. The number of hydrogen-bond donors (Lipinski definition) is 1. The Morgan fingerprint density at radius 2 is 1.52 bits per heavy atom. The molecule has 0 radical (unpaired) electrons. The Bertz CT molecular complexity index is 1090. The summed E-state index contributed by atoms with van der Waals surface area (Å²) in [5.41, 5.74) is 7.19. The molecular weight excluding hydrogens is 396 g/mol. The van der Waals surface area contributed by atoms with Gasteiger partial charge in [-0.15, -0.1) is 0 Å². The highest BCUT2D eigenvalue weighted by atomic mass is 16.7. The quantitative estimate of drug-likeness (QED) is 0.627. The van der Waals surface area contributed by atoms with Gasteiger partial charge in [0.1, 0.15) is 11.5 Å². The third kappa shape index (κ3) is 4.61. The number of primary amides is 1. The molecule has 1 aliphatic rings. The van der Waals surface area contributed by atoms with Crippen molar-refractivity contribution in [2.45, 2.75) is 13.5 Å². The topological polar surface area (TPSA) is 91.1 Å². The smallest absolute Gasteiger partial charge is 0.254 e. The van der Waals surface area contributed by atoms with Crippen LogP contribution in [-0.2, 0) is 6.54 Å². The van der Waals surface area contributed by atoms with E-state index in [4.69, 9.17) is 19.9 Å². The molecule has 4 rings (SSSR count). The molecule has 0 unspecified atom stereocenters. The van der Waals surface area contributed by atoms with E-state index >= 15 is 0 Å². The zero-order valence-electron chi connectivity index (χ0n) is 17.0. The lowest BCUT2D eigenvalue weighted by atomic mass is 10.1. The van der Waals surface area contributed by atoms with E-state index in [1.165, 1.54) is 0 Å². The summed E-state index contributed by atoms with van der Waals surface area (Å²) in [5.74, 6) is 2.02. The van der Waals surface area contributed by atoms with Crippen LogP contribution in [-0.4, -0.2) is 30.1 Å². The maximum absolute atomic E-state index is 13.0. The summed E-state index contributed by atoms with van der Waals surface area (Å²) in [6, 6.07) is 19.2. The monoisotopic (exact) mass is 418 g/mol. The van der Waals surface area contributed by atoms with Crippen LogP contribution in [0.15, 0.2) is 66.7 Å². The van der Waals surface area contributed by atoms with Gasteiger partial charge >= 0.3 is 0 Å². The number of nitrogens with two attached hydrogens (primary N) is 1. The number of carbonyl (C=O) groups is 2. The second kappa shape index (κ2) is 8.79. The predicted molar refractivity (Wildman–Crippen MR) is 114 cm³/mol. The molecule has 3 aromatic carbocycles. The molecule has 158 valence electrons. The number of amides is 2. The highest BCUT2D eigenvalue weighted by molar-refractivity contribution is 5.94. The van der Waals surface area contributed by atoms with Gasteiger partial charge in [0.15, 0.2) is 11.5 Å². The molecule has 3 aromatic rings. The molecule has 1 heterocycles. The molecule has 0 fully saturated rings. The first kappa shape index (κ1) is 20.3. The first-order valence-corrected chi connectivity index (χ1v) is 9.89. The summed E-state index contributed by atoms with van der Waals surface area (Å²) in [6.07, 6.45) is 0. The Morgan fingerprint density at radius 1 is 0.903 bits per heavy atom. The Kier molecular flexibility index (Phi) is 5.75. The fourth-order valence-electron chi connectivity index (χ4n) is 3.26. The van der Waals surface area contributed by atoms with Crippen LogP contribution in [0.3, 0.4) is 0 Å². The van der Waals surface area contributed by atoms with Gasteiger partial charge in [0, 0.05) is 24.2 Å². The Labute approximate surface area is 179 Å². The molecule has 0 saturated carbocycles. The van der Waals surface area contributed by atoms with Crippen LogP contribution in [0.25, 0.3) is 0 Å². The van der Waals surface area contributed by atoms with Crippen molar-refractivity contribution in [3.63, 3.8) is 0 Å². The fourth-order valence-corrected chi connectivity index (χ4v) is 3.26. The Morgan fingerprint density at radius 3 is 2.13 bits per heavy atom. The molecule has 2 amide bonds. The van der Waals surface area contributed by atoms with Crippen LogP contribution >= 0.6 is 0 Å². The van der Waals surface area contributed by atoms with Crippen LogP contribution in [0.4, 0.5) is 0 Å². The van der Waals surface area contributed by atoms with Gasteiger partial charge in [0.25, 0.3) is 5.91 Å². The average molecular weight is 418 g/mol. The molecule has 0 atom stereocenters. The minimum Gasteiger partial charge on any atom is -0.457 e. The molecule has 0 aliphatic carbocycles. The second-order valence-corrected chi connectivity index (χ2v) is 7.02. The maximum atomic E-state index is 13.0. The van der Waals surface area contributed by atoms with Crippen molar-refractivity contribution in [2.24, 2.45) is 5.73 Å². The average Bonchev–Trinajstić information content (AvgIpc) is 3.26. The van der Waals surface area contributed by atoms with Crippen molar-refractivity contribution in [3.8, 4) is 23.0 Å². The minimum atomic E-state index is -0.490. The van der Waals surface area contributed by atoms with Crippen molar-refractivity contribution in [1.82, 2.24) is 4.90 Å². The van der Waals surface area contributed by atoms with Gasteiger partial charge in [0.05, 0.1) is 0 Å². The summed E-state index contributed by atoms with van der Waals surface area (Å²) < 4.78 is 16.5. The summed E-state index contributed by atoms with van der Waals surface area (Å²) in [7, 11) is 0. The molecule has 0 bridgehead atoms. The Balaban J connectivity index is 1.42. The normalized spacial score (nSPS) is 11.8. The summed E-state index contributed by atoms with van der Waals surface area (Å²) >= 11 is 0. The molecule has 31 heavy (non-hydrogen) atoms. The Hall–Kier alpha value is -4.00. The number of nitrogens with zero attached hydrogens (tertiary/aromatic N) is 1. The fraction of sp³-hybridized carbons (Fsp3) is 0.167. The van der Waals surface area contributed by atoms with Gasteiger partial charge in [-0.05, 0) is 73.2 Å². The van der Waals surface area contributed by atoms with Crippen molar-refractivity contribution < 1.29 is 23.8 Å². The zero-order chi connectivity index (χ0) is 21.8. The number of hydrogen-bond acceptors (Lipinski definition) is 5. The second-order valence-electron chi connectivity index (χ2n) is 7.02. The first-order valence-electron chi connectivity index (χ1n) is 9.89. The molecular formula is C24H22N2O5. The van der Waals surface area contributed by atoms with E-state index in [0.717, 1.165) is 11.3 Å². The maximum Gasteiger partial charge on any atom is 0.254 e. The van der Waals surface area contributed by atoms with E-state index in [9.17, 15) is 9.59 Å². The molecule has 1 aliphatic heterocycles. The van der Waals surface area contributed by atoms with Crippen molar-refractivity contribution in [1.29, 1.82) is 0 Å². The number of carbonyl (C=O) groups excluding carboxylic acids is 2. The van der Waals surface area contributed by atoms with E-state index in [1.807, 2.05) is 25.1 Å². The van der Waals surface area contributed by atoms with Crippen molar-refractivity contribution >= 4 is 11.8 Å². The number of ether oxygens (including phenoxy) is 3. The SMILES string of the molecule is CCN(Cc1ccc2c(c1)OCO2)C(=O)c1ccc(Oc2ccc(C(N)=O)cc2)cc1. The lowest BCUT2D eigenvalue weighted by molar-refractivity contribution is 0.0752. The number of benzene rings is 3. The van der Waals surface area contributed by atoms with Gasteiger partial charge in [-0.3, -0.25) is 9.59 Å². The van der Waals surface area contributed by atoms with Crippen molar-refractivity contribution in [2.75, 3.05) is 13.3 Å². The first-order chi connectivity index (χ1) is 15.0. The van der Waals surface area contributed by atoms with Crippen LogP contribution in [0.1, 0.15) is 33.2 Å². The summed E-state index contributed by atoms with van der Waals surface area (Å²) in [6.45, 7) is 3.20. The van der Waals surface area contributed by atoms with E-state index < -0.39 is 5.91 Å². The largest absolute Gasteiger partial charge is 0.457 e. The van der Waals surface area contributed by atoms with Gasteiger partial charge in [-0.1, -0.05) is 6.07 Å². The molecule has 7 heteroatoms. The molecule has 0 spiro atoms. The van der Waals surface area contributed by atoms with Crippen LogP contribution < -0.4 is 19.9 Å². The van der Waals surface area contributed by atoms with E-state index in [1.54, 1.807) is 53.4 Å². The van der Waals surface area contributed by atoms with E-state index in [0.29, 0.717) is 41.5 Å². The van der Waals surface area contributed by atoms with Crippen LogP contribution in [0.5, 0.6) is 23.0 Å². The van der Waals surface area contributed by atoms with Crippen molar-refractivity contribution in [3.05, 3.63) is 83.4 Å². The van der Waals surface area contributed by atoms with Crippen LogP contribution in [0, 0.1) is 0 Å². The van der Waals surface area contributed by atoms with Gasteiger partial charge in [0.2, 0.25) is 12.7 Å². The number of fused-ring (bicyclic) bond motifs is 1. The van der Waals surface area contributed by atoms with Gasteiger partial charge in [-0.2, -0.15) is 0 Å². The molecule has 7 nitrogen and oxygen atoms in total. The number of rotatable bonds is 7. The molecule has 2 N–H and O–H groups in total. The van der Waals surface area contributed by atoms with E-state index in [2.05, 4.69) is 0 Å². The summed E-state index contributed by atoms with van der Waals surface area (Å²) in [4.78, 5) is 25.9. The van der Waals surface area contributed by atoms with Crippen LogP contribution in [0.2, 0.25) is 0 Å². The minimum absolute atomic E-state index is 0.0717. The lowest BCUT2D eigenvalue weighted by Gasteiger charge is -2.21. The zero-order valence-corrected chi connectivity index (χ0v) is 17.0. The van der Waals surface area contributed by atoms with E-state index in [-0.39, 0.29) is 12.7 Å². The lowest BCUT2D eigenvalue weighted by Crippen LogP contribution is -2.30. The summed E-state index contributed by atoms with van der Waals surface area (Å²) in [5, 5.41) is 0. The highest BCUT2D eigenvalue weighted by Crippen LogP contribution is 2.33. The third-order valence-corrected chi connectivity index (χ3v) is 4.96. The highest BCUT2D eigenvalue weighted by Gasteiger charge is 2.18. The molecule has 0 saturated heterocycles.